The molecule has 3 N–H and O–H groups in total. The number of rotatable bonds is 13. The van der Waals surface area contributed by atoms with Gasteiger partial charge in [0, 0.05) is 74.2 Å². The van der Waals surface area contributed by atoms with Gasteiger partial charge in [0.05, 0.1) is 59.0 Å². The first kappa shape index (κ1) is 50.0. The molecule has 2 aromatic heterocycles. The van der Waals surface area contributed by atoms with E-state index in [1.807, 2.05) is 47.4 Å². The molecule has 16 nitrogen and oxygen atoms in total. The lowest BCUT2D eigenvalue weighted by molar-refractivity contribution is -0.384. The number of piperazine rings is 1. The number of carbonyl (C=O) groups excluding carboxylic acids is 1. The Morgan fingerprint density at radius 1 is 0.958 bits per heavy atom. The number of sulfonamides is 1. The number of halogens is 4. The Morgan fingerprint density at radius 3 is 2.48 bits per heavy atom. The number of benzene rings is 3. The maximum Gasteiger partial charge on any atom is 0.394 e. The van der Waals surface area contributed by atoms with Gasteiger partial charge in [0.1, 0.15) is 17.0 Å². The third kappa shape index (κ3) is 11.0. The van der Waals surface area contributed by atoms with Crippen LogP contribution >= 0.6 is 11.6 Å². The summed E-state index contributed by atoms with van der Waals surface area (Å²) in [4.78, 5) is 39.6. The predicted octanol–water partition coefficient (Wildman–Crippen LogP) is 9.35. The molecule has 2 atom stereocenters. The Morgan fingerprint density at radius 2 is 1.75 bits per heavy atom. The van der Waals surface area contributed by atoms with Crippen LogP contribution in [0.1, 0.15) is 61.9 Å². The summed E-state index contributed by atoms with van der Waals surface area (Å²) in [5.41, 5.74) is 3.07. The molecule has 378 valence electrons. The Hall–Kier alpha value is -5.93. The van der Waals surface area contributed by atoms with Crippen LogP contribution in [0.4, 0.5) is 41.6 Å². The lowest BCUT2D eigenvalue weighted by atomic mass is 9.73. The Kier molecular flexibility index (Phi) is 14.6. The summed E-state index contributed by atoms with van der Waals surface area (Å²) in [6.07, 6.45) is -0.333. The van der Waals surface area contributed by atoms with Crippen molar-refractivity contribution in [1.29, 1.82) is 0 Å². The van der Waals surface area contributed by atoms with Gasteiger partial charge in [-0.15, -0.1) is 0 Å². The molecular weight excluding hydrogens is 965 g/mol. The maximum absolute atomic E-state index is 14.5. The number of allylic oxidation sites excluding steroid dienone is 1. The number of alkyl halides is 3. The molecule has 21 heteroatoms. The highest BCUT2D eigenvalue weighted by Crippen LogP contribution is 2.50. The number of carbonyl (C=O) groups is 1. The monoisotopic (exact) mass is 1020 g/mol. The maximum atomic E-state index is 14.5. The zero-order valence-corrected chi connectivity index (χ0v) is 41.0. The molecule has 3 aliphatic heterocycles. The van der Waals surface area contributed by atoms with Crippen LogP contribution in [0.3, 0.4) is 0 Å². The number of aromatic nitrogens is 2. The van der Waals surface area contributed by atoms with E-state index >= 15 is 0 Å². The number of H-pyrrole nitrogens is 1. The predicted molar refractivity (Wildman–Crippen MR) is 265 cm³/mol. The molecule has 9 rings (SSSR count). The second-order valence-corrected chi connectivity index (χ2v) is 21.1. The molecule has 0 radical (unpaired) electrons. The summed E-state index contributed by atoms with van der Waals surface area (Å²) >= 11 is 6.25. The molecule has 0 spiro atoms. The minimum atomic E-state index is -4.66. The van der Waals surface area contributed by atoms with Crippen molar-refractivity contribution in [2.75, 3.05) is 87.4 Å². The molecule has 3 aromatic carbocycles. The molecule has 5 heterocycles. The molecule has 71 heavy (non-hydrogen) atoms. The van der Waals surface area contributed by atoms with Gasteiger partial charge in [-0.05, 0) is 104 Å². The number of hydrogen-bond donors (Lipinski definition) is 3. The second-order valence-electron chi connectivity index (χ2n) is 19.0. The summed E-state index contributed by atoms with van der Waals surface area (Å²) in [5, 5.41) is 16.5. The number of nitrogens with zero attached hydrogens (tertiary/aromatic N) is 5. The number of aromatic amines is 1. The van der Waals surface area contributed by atoms with Gasteiger partial charge in [-0.1, -0.05) is 43.2 Å². The van der Waals surface area contributed by atoms with Crippen molar-refractivity contribution in [1.82, 2.24) is 19.6 Å². The van der Waals surface area contributed by atoms with Crippen molar-refractivity contribution in [3.63, 3.8) is 0 Å². The van der Waals surface area contributed by atoms with Gasteiger partial charge in [-0.2, -0.15) is 18.2 Å². The molecule has 1 amide bonds. The first-order valence-corrected chi connectivity index (χ1v) is 25.6. The Bertz CT molecular complexity index is 2920. The third-order valence-corrected chi connectivity index (χ3v) is 15.7. The van der Waals surface area contributed by atoms with Crippen molar-refractivity contribution in [3.05, 3.63) is 111 Å². The molecule has 1 aliphatic carbocycles. The van der Waals surface area contributed by atoms with Crippen molar-refractivity contribution in [2.45, 2.75) is 63.1 Å². The van der Waals surface area contributed by atoms with Crippen molar-refractivity contribution < 1.29 is 45.5 Å². The average molecular weight is 1020 g/mol. The van der Waals surface area contributed by atoms with Crippen LogP contribution in [-0.4, -0.2) is 119 Å². The number of hydrogen-bond acceptors (Lipinski definition) is 13. The van der Waals surface area contributed by atoms with Crippen LogP contribution in [0.25, 0.3) is 16.6 Å². The van der Waals surface area contributed by atoms with Gasteiger partial charge in [-0.25, -0.2) is 13.1 Å². The zero-order valence-electron chi connectivity index (χ0n) is 39.4. The van der Waals surface area contributed by atoms with E-state index in [1.54, 1.807) is 18.3 Å². The van der Waals surface area contributed by atoms with Gasteiger partial charge in [0.15, 0.2) is 0 Å². The van der Waals surface area contributed by atoms with Crippen molar-refractivity contribution in [3.8, 4) is 5.88 Å². The lowest BCUT2D eigenvalue weighted by Gasteiger charge is -2.39. The fourth-order valence-corrected chi connectivity index (χ4v) is 11.0. The molecule has 0 bridgehead atoms. The third-order valence-electron chi connectivity index (χ3n) is 14.2. The van der Waals surface area contributed by atoms with E-state index in [0.717, 1.165) is 33.8 Å². The van der Waals surface area contributed by atoms with E-state index in [0.29, 0.717) is 126 Å². The highest BCUT2D eigenvalue weighted by atomic mass is 35.5. The number of nitro groups is 1. The summed E-state index contributed by atoms with van der Waals surface area (Å²) < 4.78 is 90.7. The summed E-state index contributed by atoms with van der Waals surface area (Å²) in [6.45, 7) is 7.45. The van der Waals surface area contributed by atoms with Crippen LogP contribution in [0, 0.1) is 21.4 Å². The summed E-state index contributed by atoms with van der Waals surface area (Å²) in [6, 6.07) is 19.8. The van der Waals surface area contributed by atoms with E-state index in [1.165, 1.54) is 26.0 Å². The smallest absolute Gasteiger partial charge is 0.394 e. The van der Waals surface area contributed by atoms with Crippen LogP contribution < -0.4 is 24.6 Å². The normalized spacial score (nSPS) is 19.7. The van der Waals surface area contributed by atoms with E-state index in [2.05, 4.69) is 24.8 Å². The molecule has 4 aliphatic rings. The lowest BCUT2D eigenvalue weighted by Crippen LogP contribution is -2.47. The number of pyridine rings is 1. The summed E-state index contributed by atoms with van der Waals surface area (Å²) in [5.74, 6) is -1.22. The van der Waals surface area contributed by atoms with Gasteiger partial charge >= 0.3 is 6.18 Å². The molecule has 2 saturated heterocycles. The van der Waals surface area contributed by atoms with Crippen LogP contribution in [0.15, 0.2) is 89.5 Å². The fraction of sp³-hybridized carbons (Fsp3) is 0.440. The average Bonchev–Trinajstić information content (AvgIpc) is 3.57. The van der Waals surface area contributed by atoms with Gasteiger partial charge < -0.3 is 34.3 Å². The number of nitro benzene ring substituents is 1. The quantitative estimate of drug-likeness (QED) is 0.0750. The SMILES string of the molecule is CC(C)([C@H]1CCCC(c2ccc(Cl)cc2)=C(CN2CCN(c3ccc(C(=O)NS(=O)(=O)c4ccc(NC[C@H]5COCCO5)c([N+](=O)[O-])c4)c(N4CCCOc5nc6[nH]ccc6cc54)c3)CC2)C1)C(F)(F)F. The minimum Gasteiger partial charge on any atom is -0.476 e. The fourth-order valence-electron chi connectivity index (χ4n) is 9.91. The van der Waals surface area contributed by atoms with Crippen LogP contribution in [-0.2, 0) is 19.5 Å². The van der Waals surface area contributed by atoms with Crippen molar-refractivity contribution >= 4 is 72.6 Å². The molecule has 0 unspecified atom stereocenters. The molecular formula is C50H56ClF3N8O8S. The van der Waals surface area contributed by atoms with Crippen LogP contribution in [0.2, 0.25) is 5.02 Å². The molecule has 2 fully saturated rings. The second kappa shape index (κ2) is 20.7. The highest BCUT2D eigenvalue weighted by molar-refractivity contribution is 7.90. The first-order valence-electron chi connectivity index (χ1n) is 23.8. The zero-order chi connectivity index (χ0) is 50.1. The van der Waals surface area contributed by atoms with Gasteiger partial charge in [-0.3, -0.25) is 19.8 Å². The van der Waals surface area contributed by atoms with E-state index < -0.39 is 48.9 Å². The largest absolute Gasteiger partial charge is 0.476 e. The van der Waals surface area contributed by atoms with E-state index in [4.69, 9.17) is 30.8 Å². The van der Waals surface area contributed by atoms with E-state index in [9.17, 15) is 36.5 Å². The van der Waals surface area contributed by atoms with E-state index in [-0.39, 0.29) is 23.9 Å². The number of amides is 1. The highest BCUT2D eigenvalue weighted by Gasteiger charge is 2.52. The number of ether oxygens (including phenoxy) is 3. The number of anilines is 4. The summed E-state index contributed by atoms with van der Waals surface area (Å²) in [7, 11) is -4.66. The van der Waals surface area contributed by atoms with Gasteiger partial charge in [0.2, 0.25) is 5.88 Å². The van der Waals surface area contributed by atoms with Crippen molar-refractivity contribution in [2.24, 2.45) is 11.3 Å². The topological polar surface area (TPSA) is 185 Å². The first-order chi connectivity index (χ1) is 33.9. The Labute approximate surface area is 414 Å². The molecule has 5 aromatic rings. The number of fused-ring (bicyclic) bond motifs is 2. The Balaban J connectivity index is 0.992. The number of nitrogens with one attached hydrogen (secondary N) is 3. The van der Waals surface area contributed by atoms with Crippen LogP contribution in [0.5, 0.6) is 5.88 Å². The minimum absolute atomic E-state index is 0.0202. The standard InChI is InChI=1S/C50H56ClF3N8O8S/c1-49(2,50(52,53)54)35-5-3-6-40(32-7-9-36(51)10-8-32)34(25-35)30-59-18-20-60(21-19-59)37-11-13-41(43(27-37)61-17-4-22-70-48-45(61)26-33-15-16-55-46(33)57-48)47(63)58-71(66,67)39-12-14-42(44(28-39)62(64)65)56-29-38-31-68-23-24-69-38/h7-16,26-28,35,38,56H,3-6,17-25,29-31H2,1-2H3,(H,55,57)(H,58,63)/t35-,38-/m0/s1. The van der Waals surface area contributed by atoms with Gasteiger partial charge in [0.25, 0.3) is 21.6 Å². The molecule has 0 saturated carbocycles.